The van der Waals surface area contributed by atoms with Gasteiger partial charge in [-0.15, -0.1) is 4.99 Å². The van der Waals surface area contributed by atoms with Crippen LogP contribution in [0, 0.1) is 11.5 Å². The third-order valence-corrected chi connectivity index (χ3v) is 3.85. The number of carbonyl (C=O) groups excluding carboxylic acids is 1. The van der Waals surface area contributed by atoms with Crippen LogP contribution in [0.2, 0.25) is 0 Å². The number of rotatable bonds is 1. The minimum atomic E-state index is -0.461. The summed E-state index contributed by atoms with van der Waals surface area (Å²) in [6.45, 7) is 12.1. The van der Waals surface area contributed by atoms with E-state index in [0.29, 0.717) is 0 Å². The first-order chi connectivity index (χ1) is 11.4. The Morgan fingerprint density at radius 1 is 1.16 bits per heavy atom. The second-order valence-electron chi connectivity index (χ2n) is 8.05. The average molecular weight is 341 g/mol. The van der Waals surface area contributed by atoms with Crippen molar-refractivity contribution in [2.24, 2.45) is 4.99 Å². The molecule has 1 aliphatic rings. The van der Waals surface area contributed by atoms with Gasteiger partial charge in [-0.1, -0.05) is 41.5 Å². The molecule has 0 saturated carbocycles. The Labute approximate surface area is 147 Å². The van der Waals surface area contributed by atoms with E-state index < -0.39 is 5.91 Å². The normalized spacial score (nSPS) is 18.2. The van der Waals surface area contributed by atoms with Gasteiger partial charge in [0.15, 0.2) is 5.76 Å². The van der Waals surface area contributed by atoms with Crippen molar-refractivity contribution in [1.29, 1.82) is 5.26 Å². The molecule has 1 saturated heterocycles. The Morgan fingerprint density at radius 2 is 1.68 bits per heavy atom. The van der Waals surface area contributed by atoms with Crippen molar-refractivity contribution in [2.45, 2.75) is 52.4 Å². The van der Waals surface area contributed by atoms with Crippen LogP contribution in [0.15, 0.2) is 22.9 Å². The highest BCUT2D eigenvalue weighted by Gasteiger charge is 2.28. The minimum absolute atomic E-state index is 0.0550. The topological polar surface area (TPSA) is 94.7 Å². The molecule has 0 unspecified atom stereocenters. The Bertz CT molecular complexity index is 781. The summed E-state index contributed by atoms with van der Waals surface area (Å²) in [4.78, 5) is 15.3. The van der Waals surface area contributed by atoms with Crippen LogP contribution < -0.4 is 5.32 Å². The number of nitrogens with one attached hydrogen (secondary N) is 1. The summed E-state index contributed by atoms with van der Waals surface area (Å²) >= 11 is 0. The Hall–Kier alpha value is -2.81. The molecule has 6 heteroatoms. The Balaban J connectivity index is 2.60. The zero-order valence-corrected chi connectivity index (χ0v) is 15.4. The summed E-state index contributed by atoms with van der Waals surface area (Å²) in [6, 6.07) is 3.55. The van der Waals surface area contributed by atoms with Crippen molar-refractivity contribution in [3.05, 3.63) is 34.6 Å². The van der Waals surface area contributed by atoms with E-state index in [2.05, 4.69) is 10.3 Å². The molecule has 0 radical (unpaired) electrons. The van der Waals surface area contributed by atoms with Gasteiger partial charge in [-0.2, -0.15) is 5.26 Å². The maximum Gasteiger partial charge on any atom is 0.313 e. The molecule has 132 valence electrons. The van der Waals surface area contributed by atoms with Gasteiger partial charge in [0.25, 0.3) is 5.91 Å². The van der Waals surface area contributed by atoms with Crippen LogP contribution in [0.3, 0.4) is 0 Å². The summed E-state index contributed by atoms with van der Waals surface area (Å²) < 4.78 is 5.26. The van der Waals surface area contributed by atoms with Gasteiger partial charge in [0.1, 0.15) is 5.75 Å². The van der Waals surface area contributed by atoms with Crippen molar-refractivity contribution < 1.29 is 14.6 Å². The molecule has 25 heavy (non-hydrogen) atoms. The highest BCUT2D eigenvalue weighted by Crippen LogP contribution is 2.40. The smallest absolute Gasteiger partial charge is 0.313 e. The van der Waals surface area contributed by atoms with Crippen LogP contribution in [0.5, 0.6) is 5.75 Å². The second-order valence-corrected chi connectivity index (χ2v) is 8.05. The van der Waals surface area contributed by atoms with E-state index in [1.807, 2.05) is 53.7 Å². The number of aromatic hydroxyl groups is 1. The maximum atomic E-state index is 12.0. The molecule has 1 aliphatic heterocycles. The lowest BCUT2D eigenvalue weighted by atomic mass is 9.78. The van der Waals surface area contributed by atoms with E-state index in [0.717, 1.165) is 16.7 Å². The first kappa shape index (κ1) is 18.5. The maximum absolute atomic E-state index is 12.0. The second kappa shape index (κ2) is 6.25. The number of aliphatic imine (C=N–C) groups is 1. The fourth-order valence-electron chi connectivity index (χ4n) is 2.56. The SMILES string of the molecule is CC(C)(C)c1cc(/C=C2/OC(=NC#N)NC2=O)cc(C(C)(C)C)c1O. The first-order valence-electron chi connectivity index (χ1n) is 7.99. The molecule has 0 aliphatic carbocycles. The number of hydrogen-bond acceptors (Lipinski definition) is 5. The molecular weight excluding hydrogens is 318 g/mol. The standard InChI is InChI=1S/C19H23N3O3/c1-18(2,3)12-7-11(8-13(15(12)23)19(4,5)6)9-14-16(24)22-17(25-14)21-10-20/h7-9,23H,1-6H3,(H,21,22,24)/b14-9+. The monoisotopic (exact) mass is 341 g/mol. The molecule has 0 aromatic heterocycles. The highest BCUT2D eigenvalue weighted by atomic mass is 16.5. The predicted octanol–water partition coefficient (Wildman–Crippen LogP) is 3.31. The van der Waals surface area contributed by atoms with E-state index in [4.69, 9.17) is 10.00 Å². The molecule has 2 rings (SSSR count). The molecule has 0 atom stereocenters. The van der Waals surface area contributed by atoms with E-state index in [1.54, 1.807) is 12.3 Å². The van der Waals surface area contributed by atoms with Crippen LogP contribution in [-0.2, 0) is 20.4 Å². The van der Waals surface area contributed by atoms with Gasteiger partial charge in [-0.25, -0.2) is 0 Å². The number of carbonyl (C=O) groups is 1. The number of phenolic OH excluding ortho intramolecular Hbond substituents is 1. The first-order valence-corrected chi connectivity index (χ1v) is 7.99. The lowest BCUT2D eigenvalue weighted by molar-refractivity contribution is -0.116. The van der Waals surface area contributed by atoms with E-state index >= 15 is 0 Å². The number of nitrogens with zero attached hydrogens (tertiary/aromatic N) is 2. The van der Waals surface area contributed by atoms with Crippen LogP contribution in [-0.4, -0.2) is 17.0 Å². The van der Waals surface area contributed by atoms with Crippen LogP contribution in [0.4, 0.5) is 0 Å². The predicted molar refractivity (Wildman–Crippen MR) is 95.8 cm³/mol. The van der Waals surface area contributed by atoms with Crippen molar-refractivity contribution >= 4 is 18.0 Å². The molecule has 1 amide bonds. The molecule has 2 N–H and O–H groups in total. The van der Waals surface area contributed by atoms with Crippen LogP contribution in [0.25, 0.3) is 6.08 Å². The number of nitriles is 1. The minimum Gasteiger partial charge on any atom is -0.507 e. The summed E-state index contributed by atoms with van der Waals surface area (Å²) in [6.07, 6.45) is 3.15. The average Bonchev–Trinajstić information content (AvgIpc) is 2.78. The van der Waals surface area contributed by atoms with Gasteiger partial charge in [-0.05, 0) is 34.6 Å². The van der Waals surface area contributed by atoms with Gasteiger partial charge in [0.05, 0.1) is 0 Å². The number of ether oxygens (including phenoxy) is 1. The summed E-state index contributed by atoms with van der Waals surface area (Å²) in [5.41, 5.74) is 1.76. The molecule has 1 aromatic carbocycles. The quantitative estimate of drug-likeness (QED) is 0.605. The molecule has 1 aromatic rings. The molecule has 1 fully saturated rings. The lowest BCUT2D eigenvalue weighted by Crippen LogP contribution is -2.20. The third kappa shape index (κ3) is 4.00. The summed E-state index contributed by atoms with van der Waals surface area (Å²) in [5, 5.41) is 21.7. The number of amidine groups is 1. The van der Waals surface area contributed by atoms with Gasteiger partial charge in [-0.3, -0.25) is 10.1 Å². The fraction of sp³-hybridized carbons (Fsp3) is 0.421. The van der Waals surface area contributed by atoms with Crippen LogP contribution in [0.1, 0.15) is 58.2 Å². The molecule has 1 heterocycles. The number of hydrogen-bond donors (Lipinski definition) is 2. The zero-order valence-electron chi connectivity index (χ0n) is 15.4. The van der Waals surface area contributed by atoms with Gasteiger partial charge >= 0.3 is 6.02 Å². The van der Waals surface area contributed by atoms with Crippen molar-refractivity contribution in [2.75, 3.05) is 0 Å². The molecular formula is C19H23N3O3. The highest BCUT2D eigenvalue weighted by molar-refractivity contribution is 6.11. The fourth-order valence-corrected chi connectivity index (χ4v) is 2.56. The lowest BCUT2D eigenvalue weighted by Gasteiger charge is -2.27. The van der Waals surface area contributed by atoms with Gasteiger partial charge < -0.3 is 9.84 Å². The van der Waals surface area contributed by atoms with E-state index in [-0.39, 0.29) is 28.4 Å². The zero-order chi connectivity index (χ0) is 19.0. The van der Waals surface area contributed by atoms with Crippen LogP contribution >= 0.6 is 0 Å². The molecule has 6 nitrogen and oxygen atoms in total. The number of phenols is 1. The van der Waals surface area contributed by atoms with E-state index in [9.17, 15) is 9.90 Å². The van der Waals surface area contributed by atoms with Crippen molar-refractivity contribution in [3.8, 4) is 11.9 Å². The van der Waals surface area contributed by atoms with Gasteiger partial charge in [0, 0.05) is 11.1 Å². The molecule has 0 spiro atoms. The summed E-state index contributed by atoms with van der Waals surface area (Å²) in [5.74, 6) is -0.137. The Morgan fingerprint density at radius 3 is 2.12 bits per heavy atom. The Kier molecular flexibility index (Phi) is 4.63. The largest absolute Gasteiger partial charge is 0.507 e. The van der Waals surface area contributed by atoms with Gasteiger partial charge in [0.2, 0.25) is 6.19 Å². The number of amides is 1. The molecule has 0 bridgehead atoms. The van der Waals surface area contributed by atoms with E-state index in [1.165, 1.54) is 0 Å². The number of benzene rings is 1. The third-order valence-electron chi connectivity index (χ3n) is 3.85. The van der Waals surface area contributed by atoms with Crippen molar-refractivity contribution in [1.82, 2.24) is 5.32 Å². The van der Waals surface area contributed by atoms with Crippen molar-refractivity contribution in [3.63, 3.8) is 0 Å². The summed E-state index contributed by atoms with van der Waals surface area (Å²) in [7, 11) is 0.